The van der Waals surface area contributed by atoms with E-state index in [0.717, 1.165) is 51.8 Å². The molecule has 0 saturated carbocycles. The first kappa shape index (κ1) is 45.7. The Morgan fingerprint density at radius 2 is 1.37 bits per heavy atom. The van der Waals surface area contributed by atoms with E-state index in [1.165, 1.54) is 19.4 Å². The van der Waals surface area contributed by atoms with Gasteiger partial charge in [0.2, 0.25) is 0 Å². The van der Waals surface area contributed by atoms with Crippen LogP contribution in [0.3, 0.4) is 0 Å². The summed E-state index contributed by atoms with van der Waals surface area (Å²) in [5.41, 5.74) is 6.04. The molecule has 0 heterocycles. The highest BCUT2D eigenvalue weighted by atomic mass is 35.5. The molecule has 3 atom stereocenters. The number of halogens is 2. The lowest BCUT2D eigenvalue weighted by Gasteiger charge is -2.26. The number of ether oxygens (including phenoxy) is 4. The van der Waals surface area contributed by atoms with E-state index in [1.807, 2.05) is 31.2 Å². The molecule has 0 unspecified atom stereocenters. The summed E-state index contributed by atoms with van der Waals surface area (Å²) in [5.74, 6) is -0.662. The van der Waals surface area contributed by atoms with Crippen molar-refractivity contribution in [1.29, 1.82) is 0 Å². The van der Waals surface area contributed by atoms with Crippen molar-refractivity contribution in [2.75, 3.05) is 26.9 Å². The number of benzene rings is 4. The van der Waals surface area contributed by atoms with Gasteiger partial charge < -0.3 is 39.4 Å². The summed E-state index contributed by atoms with van der Waals surface area (Å²) in [6, 6.07) is 19.4. The molecule has 0 radical (unpaired) electrons. The minimum atomic E-state index is -1.33. The Hall–Kier alpha value is -4.40. The summed E-state index contributed by atoms with van der Waals surface area (Å²) < 4.78 is 24.3. The van der Waals surface area contributed by atoms with Gasteiger partial charge in [-0.1, -0.05) is 59.6 Å². The maximum absolute atomic E-state index is 11.9. The molecule has 5 rings (SSSR count). The average molecular weight is 854 g/mol. The van der Waals surface area contributed by atoms with Crippen LogP contribution in [0.5, 0.6) is 17.2 Å². The number of carboxylic acids is 2. The molecule has 1 aliphatic rings. The lowest BCUT2D eigenvalue weighted by atomic mass is 9.91. The quantitative estimate of drug-likeness (QED) is 0.0454. The molecule has 0 fully saturated rings. The summed E-state index contributed by atoms with van der Waals surface area (Å²) in [6.45, 7) is 7.70. The van der Waals surface area contributed by atoms with Gasteiger partial charge in [0.25, 0.3) is 0 Å². The fourth-order valence-electron chi connectivity index (χ4n) is 7.30. The van der Waals surface area contributed by atoms with Crippen LogP contribution in [0.2, 0.25) is 10.0 Å². The molecule has 318 valence electrons. The Bertz CT molecular complexity index is 2130. The van der Waals surface area contributed by atoms with Crippen LogP contribution < -0.4 is 24.8 Å². The van der Waals surface area contributed by atoms with E-state index >= 15 is 0 Å². The van der Waals surface area contributed by atoms with Crippen molar-refractivity contribution in [2.24, 2.45) is 0 Å². The van der Waals surface area contributed by atoms with E-state index in [4.69, 9.17) is 42.1 Å². The van der Waals surface area contributed by atoms with Gasteiger partial charge in [0.05, 0.1) is 23.3 Å². The summed E-state index contributed by atoms with van der Waals surface area (Å²) in [5, 5.41) is 45.2. The molecule has 0 aromatic heterocycles. The number of nitrogens with one attached hydrogen (secondary N) is 2. The van der Waals surface area contributed by atoms with Crippen molar-refractivity contribution in [3.63, 3.8) is 0 Å². The lowest BCUT2D eigenvalue weighted by molar-refractivity contribution is -0.145. The Morgan fingerprint density at radius 1 is 0.763 bits per heavy atom. The van der Waals surface area contributed by atoms with Crippen LogP contribution in [0.15, 0.2) is 60.7 Å². The number of aliphatic carboxylic acids is 2. The fourth-order valence-corrected chi connectivity index (χ4v) is 7.77. The zero-order valence-corrected chi connectivity index (χ0v) is 35.6. The topological polar surface area (TPSA) is 176 Å². The third-order valence-corrected chi connectivity index (χ3v) is 11.7. The SMILES string of the molecule is CCOc1cc(O[C@H]2CCc3c(-c4cccc(COc5cc(COC)c(CN[C@@](C)(CCO)C(=O)O)cc5Cl)c4C)cccc32)c(Cl)cc1CN[C@@](C)(CCO)C(=O)O. The molecule has 59 heavy (non-hydrogen) atoms. The Morgan fingerprint density at radius 3 is 2.00 bits per heavy atom. The average Bonchev–Trinajstić information content (AvgIpc) is 3.61. The van der Waals surface area contributed by atoms with Crippen molar-refractivity contribution >= 4 is 35.1 Å². The smallest absolute Gasteiger partial charge is 0.323 e. The molecule has 4 aromatic rings. The monoisotopic (exact) mass is 852 g/mol. The van der Waals surface area contributed by atoms with Crippen LogP contribution in [-0.2, 0) is 47.1 Å². The first-order valence-corrected chi connectivity index (χ1v) is 20.4. The predicted molar refractivity (Wildman–Crippen MR) is 227 cm³/mol. The highest BCUT2D eigenvalue weighted by Crippen LogP contribution is 2.44. The zero-order valence-electron chi connectivity index (χ0n) is 34.1. The molecule has 0 saturated heterocycles. The van der Waals surface area contributed by atoms with Gasteiger partial charge in [-0.3, -0.25) is 20.2 Å². The first-order chi connectivity index (χ1) is 28.2. The Balaban J connectivity index is 1.34. The molecule has 1 aliphatic carbocycles. The van der Waals surface area contributed by atoms with Gasteiger partial charge in [-0.05, 0) is 116 Å². The van der Waals surface area contributed by atoms with Gasteiger partial charge >= 0.3 is 11.9 Å². The van der Waals surface area contributed by atoms with Crippen LogP contribution in [0.4, 0.5) is 0 Å². The van der Waals surface area contributed by atoms with E-state index in [-0.39, 0.29) is 58.5 Å². The molecule has 0 bridgehead atoms. The molecular weight excluding hydrogens is 799 g/mol. The number of carbonyl (C=O) groups is 2. The van der Waals surface area contributed by atoms with Gasteiger partial charge in [-0.25, -0.2) is 0 Å². The minimum Gasteiger partial charge on any atom is -0.493 e. The Kier molecular flexibility index (Phi) is 15.7. The van der Waals surface area contributed by atoms with Crippen molar-refractivity contribution in [3.05, 3.63) is 110 Å². The van der Waals surface area contributed by atoms with Crippen molar-refractivity contribution in [2.45, 2.75) is 96.9 Å². The first-order valence-electron chi connectivity index (χ1n) is 19.6. The largest absolute Gasteiger partial charge is 0.493 e. The highest BCUT2D eigenvalue weighted by Gasteiger charge is 2.34. The second-order valence-corrected chi connectivity index (χ2v) is 15.9. The highest BCUT2D eigenvalue weighted by molar-refractivity contribution is 6.32. The predicted octanol–water partition coefficient (Wildman–Crippen LogP) is 7.79. The standard InChI is InChI=1S/C45H54Cl2N2O10/c1-6-57-39-22-41(37(47)20-30(39)24-49-45(4,16-18-51)43(54)55)59-38-14-13-34-33(11-8-12-35(34)38)32-10-7-9-28(27(32)2)26-58-40-21-31(25-56-5)29(19-36(40)46)23-48-44(3,15-17-50)42(52)53/h7-12,19-22,38,48-51H,6,13-18,23-26H2,1-5H3,(H,52,53)(H,54,55)/t38-,44-,45-/m0/s1. The van der Waals surface area contributed by atoms with E-state index in [2.05, 4.69) is 35.8 Å². The molecule has 14 heteroatoms. The molecule has 6 N–H and O–H groups in total. The zero-order chi connectivity index (χ0) is 42.9. The van der Waals surface area contributed by atoms with Crippen LogP contribution in [0.1, 0.15) is 85.1 Å². The molecule has 0 amide bonds. The summed E-state index contributed by atoms with van der Waals surface area (Å²) in [6.07, 6.45) is 1.34. The van der Waals surface area contributed by atoms with E-state index in [9.17, 15) is 30.0 Å². The maximum Gasteiger partial charge on any atom is 0.323 e. The number of carboxylic acid groups (broad SMARTS) is 2. The number of hydrogen-bond donors (Lipinski definition) is 6. The minimum absolute atomic E-state index is 0.0350. The van der Waals surface area contributed by atoms with Crippen LogP contribution >= 0.6 is 23.2 Å². The van der Waals surface area contributed by atoms with Gasteiger partial charge in [-0.2, -0.15) is 0 Å². The molecule has 12 nitrogen and oxygen atoms in total. The number of hydrogen-bond acceptors (Lipinski definition) is 10. The third-order valence-electron chi connectivity index (χ3n) is 11.1. The second-order valence-electron chi connectivity index (χ2n) is 15.1. The molecule has 4 aromatic carbocycles. The van der Waals surface area contributed by atoms with Crippen molar-refractivity contribution < 1.29 is 49.0 Å². The van der Waals surface area contributed by atoms with Gasteiger partial charge in [-0.15, -0.1) is 0 Å². The fraction of sp³-hybridized carbons (Fsp3) is 0.422. The van der Waals surface area contributed by atoms with E-state index in [1.54, 1.807) is 25.3 Å². The van der Waals surface area contributed by atoms with E-state index in [0.29, 0.717) is 39.5 Å². The molecule has 0 spiro atoms. The van der Waals surface area contributed by atoms with Crippen molar-refractivity contribution in [1.82, 2.24) is 10.6 Å². The number of methoxy groups -OCH3 is 1. The van der Waals surface area contributed by atoms with Crippen LogP contribution in [0, 0.1) is 6.92 Å². The summed E-state index contributed by atoms with van der Waals surface area (Å²) in [4.78, 5) is 23.8. The van der Waals surface area contributed by atoms with Crippen molar-refractivity contribution in [3.8, 4) is 28.4 Å². The number of rotatable bonds is 22. The molecular formula is C45H54Cl2N2O10. The van der Waals surface area contributed by atoms with Gasteiger partial charge in [0.1, 0.15) is 41.0 Å². The maximum atomic E-state index is 11.9. The van der Waals surface area contributed by atoms with Crippen LogP contribution in [-0.4, -0.2) is 70.4 Å². The summed E-state index contributed by atoms with van der Waals surface area (Å²) in [7, 11) is 1.58. The number of aliphatic hydroxyl groups is 2. The third kappa shape index (κ3) is 10.7. The lowest BCUT2D eigenvalue weighted by Crippen LogP contribution is -2.49. The molecule has 0 aliphatic heterocycles. The number of aliphatic hydroxyl groups excluding tert-OH is 2. The normalized spacial score (nSPS) is 15.6. The summed E-state index contributed by atoms with van der Waals surface area (Å²) >= 11 is 13.5. The second kappa shape index (κ2) is 20.2. The van der Waals surface area contributed by atoms with Gasteiger partial charge in [0.15, 0.2) is 0 Å². The van der Waals surface area contributed by atoms with Crippen LogP contribution in [0.25, 0.3) is 11.1 Å². The number of fused-ring (bicyclic) bond motifs is 1. The van der Waals surface area contributed by atoms with Gasteiger partial charge in [0, 0.05) is 45.0 Å². The Labute approximate surface area is 355 Å². The van der Waals surface area contributed by atoms with E-state index < -0.39 is 23.0 Å².